The van der Waals surface area contributed by atoms with Crippen molar-refractivity contribution in [1.29, 1.82) is 0 Å². The summed E-state index contributed by atoms with van der Waals surface area (Å²) in [5, 5.41) is 2.86. The van der Waals surface area contributed by atoms with Gasteiger partial charge in [0.2, 0.25) is 0 Å². The average molecular weight is 418 g/mol. The van der Waals surface area contributed by atoms with Crippen LogP contribution < -0.4 is 10.1 Å². The molecule has 3 nitrogen and oxygen atoms in total. The van der Waals surface area contributed by atoms with Crippen LogP contribution in [0.4, 0.5) is 5.69 Å². The van der Waals surface area contributed by atoms with Gasteiger partial charge in [0.15, 0.2) is 6.61 Å². The fourth-order valence-electron chi connectivity index (χ4n) is 2.60. The van der Waals surface area contributed by atoms with Crippen molar-refractivity contribution in [3.63, 3.8) is 0 Å². The Labute approximate surface area is 165 Å². The zero-order chi connectivity index (χ0) is 19.5. The highest BCUT2D eigenvalue weighted by Gasteiger charge is 2.23. The van der Waals surface area contributed by atoms with Crippen LogP contribution in [0.2, 0.25) is 0 Å². The van der Waals surface area contributed by atoms with E-state index in [1.807, 2.05) is 30.3 Å². The minimum atomic E-state index is -0.184. The normalized spacial score (nSPS) is 12.0. The van der Waals surface area contributed by atoms with E-state index in [9.17, 15) is 4.79 Å². The van der Waals surface area contributed by atoms with E-state index < -0.39 is 0 Å². The third-order valence-electron chi connectivity index (χ3n) is 4.16. The summed E-state index contributed by atoms with van der Waals surface area (Å²) in [6.07, 6.45) is 0. The minimum absolute atomic E-state index is 0.0285. The Bertz CT molecular complexity index is 785. The number of rotatable bonds is 4. The smallest absolute Gasteiger partial charge is 0.262 e. The number of ether oxygens (including phenoxy) is 1. The van der Waals surface area contributed by atoms with E-state index >= 15 is 0 Å². The molecule has 0 saturated heterocycles. The second-order valence-corrected chi connectivity index (χ2v) is 9.38. The number of para-hydroxylation sites is 1. The molecular formula is C22H28BrNO2. The molecule has 0 spiro atoms. The van der Waals surface area contributed by atoms with Crippen molar-refractivity contribution in [3.05, 3.63) is 58.1 Å². The first kappa shape index (κ1) is 20.5. The molecule has 0 aromatic heterocycles. The van der Waals surface area contributed by atoms with Crippen LogP contribution in [0.3, 0.4) is 0 Å². The molecule has 0 heterocycles. The maximum atomic E-state index is 12.3. The van der Waals surface area contributed by atoms with Gasteiger partial charge in [-0.1, -0.05) is 65.8 Å². The van der Waals surface area contributed by atoms with Gasteiger partial charge in [-0.25, -0.2) is 0 Å². The summed E-state index contributed by atoms with van der Waals surface area (Å²) in [7, 11) is 0. The summed E-state index contributed by atoms with van der Waals surface area (Å²) in [5.41, 5.74) is 3.09. The van der Waals surface area contributed by atoms with Crippen LogP contribution in [0.5, 0.6) is 5.75 Å². The molecule has 0 aliphatic carbocycles. The molecule has 0 saturated carbocycles. The third kappa shape index (κ3) is 5.34. The monoisotopic (exact) mass is 417 g/mol. The van der Waals surface area contributed by atoms with Crippen molar-refractivity contribution < 1.29 is 9.53 Å². The third-order valence-corrected chi connectivity index (χ3v) is 4.85. The van der Waals surface area contributed by atoms with Crippen LogP contribution in [0.25, 0.3) is 0 Å². The number of carbonyl (C=O) groups excluding carboxylic acids is 1. The van der Waals surface area contributed by atoms with Gasteiger partial charge in [-0.15, -0.1) is 0 Å². The predicted molar refractivity (Wildman–Crippen MR) is 112 cm³/mol. The molecule has 4 heteroatoms. The van der Waals surface area contributed by atoms with E-state index in [-0.39, 0.29) is 23.3 Å². The van der Waals surface area contributed by atoms with Gasteiger partial charge in [0.25, 0.3) is 5.91 Å². The topological polar surface area (TPSA) is 38.3 Å². The standard InChI is InChI=1S/C22H28BrNO2/c1-21(2,3)15-11-12-19(16(13-15)22(4,5)6)26-14-20(25)24-18-10-8-7-9-17(18)23/h7-13H,14H2,1-6H3,(H,24,25). The Balaban J connectivity index is 2.16. The summed E-state index contributed by atoms with van der Waals surface area (Å²) in [5.74, 6) is 0.574. The fourth-order valence-corrected chi connectivity index (χ4v) is 2.98. The van der Waals surface area contributed by atoms with Crippen LogP contribution in [0.1, 0.15) is 52.7 Å². The summed E-state index contributed by atoms with van der Waals surface area (Å²) < 4.78 is 6.72. The molecule has 2 rings (SSSR count). The molecule has 26 heavy (non-hydrogen) atoms. The quantitative estimate of drug-likeness (QED) is 0.655. The molecule has 1 amide bonds. The fraction of sp³-hybridized carbons (Fsp3) is 0.409. The molecule has 0 fully saturated rings. The van der Waals surface area contributed by atoms with E-state index in [0.717, 1.165) is 21.5 Å². The summed E-state index contributed by atoms with van der Waals surface area (Å²) in [4.78, 5) is 12.3. The summed E-state index contributed by atoms with van der Waals surface area (Å²) >= 11 is 3.43. The van der Waals surface area contributed by atoms with Crippen LogP contribution >= 0.6 is 15.9 Å². The number of hydrogen-bond acceptors (Lipinski definition) is 2. The number of carbonyl (C=O) groups is 1. The van der Waals surface area contributed by atoms with Gasteiger partial charge in [-0.2, -0.15) is 0 Å². The lowest BCUT2D eigenvalue weighted by molar-refractivity contribution is -0.118. The molecule has 0 aliphatic heterocycles. The Morgan fingerprint density at radius 2 is 1.65 bits per heavy atom. The highest BCUT2D eigenvalue weighted by molar-refractivity contribution is 9.10. The number of benzene rings is 2. The minimum Gasteiger partial charge on any atom is -0.483 e. The van der Waals surface area contributed by atoms with Crippen molar-refractivity contribution in [2.24, 2.45) is 0 Å². The molecule has 1 N–H and O–H groups in total. The Hall–Kier alpha value is -1.81. The highest BCUT2D eigenvalue weighted by Crippen LogP contribution is 2.35. The average Bonchev–Trinajstić information content (AvgIpc) is 2.53. The lowest BCUT2D eigenvalue weighted by Crippen LogP contribution is -2.23. The molecule has 140 valence electrons. The van der Waals surface area contributed by atoms with E-state index in [2.05, 4.69) is 74.9 Å². The van der Waals surface area contributed by atoms with Crippen molar-refractivity contribution in [1.82, 2.24) is 0 Å². The van der Waals surface area contributed by atoms with Gasteiger partial charge in [0, 0.05) is 4.47 Å². The SMILES string of the molecule is CC(C)(C)c1ccc(OCC(=O)Nc2ccccc2Br)c(C(C)(C)C)c1. The van der Waals surface area contributed by atoms with E-state index in [1.54, 1.807) is 0 Å². The first-order valence-electron chi connectivity index (χ1n) is 8.80. The number of halogens is 1. The number of nitrogens with one attached hydrogen (secondary N) is 1. The molecule has 0 bridgehead atoms. The number of anilines is 1. The zero-order valence-electron chi connectivity index (χ0n) is 16.4. The van der Waals surface area contributed by atoms with Gasteiger partial charge >= 0.3 is 0 Å². The lowest BCUT2D eigenvalue weighted by Gasteiger charge is -2.27. The van der Waals surface area contributed by atoms with E-state index in [4.69, 9.17) is 4.74 Å². The van der Waals surface area contributed by atoms with Crippen molar-refractivity contribution in [2.75, 3.05) is 11.9 Å². The molecule has 0 aliphatic rings. The van der Waals surface area contributed by atoms with Crippen LogP contribution in [-0.2, 0) is 15.6 Å². The first-order valence-corrected chi connectivity index (χ1v) is 9.60. The van der Waals surface area contributed by atoms with Gasteiger partial charge in [0.05, 0.1) is 5.69 Å². The Morgan fingerprint density at radius 1 is 1.00 bits per heavy atom. The van der Waals surface area contributed by atoms with Crippen molar-refractivity contribution in [2.45, 2.75) is 52.4 Å². The van der Waals surface area contributed by atoms with Gasteiger partial charge in [-0.05, 0) is 56.1 Å². The first-order chi connectivity index (χ1) is 12.0. The lowest BCUT2D eigenvalue weighted by atomic mass is 9.80. The predicted octanol–water partition coefficient (Wildman–Crippen LogP) is 6.06. The van der Waals surface area contributed by atoms with Crippen LogP contribution in [0.15, 0.2) is 46.9 Å². The summed E-state index contributed by atoms with van der Waals surface area (Å²) in [6, 6.07) is 13.8. The Morgan fingerprint density at radius 3 is 2.23 bits per heavy atom. The van der Waals surface area contributed by atoms with E-state index in [1.165, 1.54) is 5.56 Å². The van der Waals surface area contributed by atoms with Crippen LogP contribution in [0, 0.1) is 0 Å². The van der Waals surface area contributed by atoms with Crippen molar-refractivity contribution in [3.8, 4) is 5.75 Å². The highest BCUT2D eigenvalue weighted by atomic mass is 79.9. The molecule has 0 unspecified atom stereocenters. The van der Waals surface area contributed by atoms with E-state index in [0.29, 0.717) is 0 Å². The second kappa shape index (κ2) is 7.83. The van der Waals surface area contributed by atoms with Gasteiger partial charge in [-0.3, -0.25) is 4.79 Å². The van der Waals surface area contributed by atoms with Crippen LogP contribution in [-0.4, -0.2) is 12.5 Å². The van der Waals surface area contributed by atoms with Crippen molar-refractivity contribution >= 4 is 27.5 Å². The molecule has 0 radical (unpaired) electrons. The maximum Gasteiger partial charge on any atom is 0.262 e. The Kier molecular flexibility index (Phi) is 6.17. The molecule has 2 aromatic rings. The summed E-state index contributed by atoms with van der Waals surface area (Å²) in [6.45, 7) is 13.0. The zero-order valence-corrected chi connectivity index (χ0v) is 18.0. The molecule has 2 aromatic carbocycles. The second-order valence-electron chi connectivity index (χ2n) is 8.53. The number of amides is 1. The van der Waals surface area contributed by atoms with Gasteiger partial charge < -0.3 is 10.1 Å². The largest absolute Gasteiger partial charge is 0.483 e. The molecular weight excluding hydrogens is 390 g/mol. The molecule has 0 atom stereocenters. The maximum absolute atomic E-state index is 12.3. The van der Waals surface area contributed by atoms with Gasteiger partial charge in [0.1, 0.15) is 5.75 Å². The number of hydrogen-bond donors (Lipinski definition) is 1.